The molecule has 1 atom stereocenters. The molecule has 0 saturated heterocycles. The Balaban J connectivity index is 1.66. The highest BCUT2D eigenvalue weighted by molar-refractivity contribution is 5.85. The molecule has 1 N–H and O–H groups in total. The average molecular weight is 378 g/mol. The summed E-state index contributed by atoms with van der Waals surface area (Å²) in [6, 6.07) is 14.5. The third-order valence-corrected chi connectivity index (χ3v) is 5.90. The second kappa shape index (κ2) is 8.17. The lowest BCUT2D eigenvalue weighted by Crippen LogP contribution is -2.45. The Kier molecular flexibility index (Phi) is 5.87. The molecule has 0 spiro atoms. The van der Waals surface area contributed by atoms with Gasteiger partial charge in [0.2, 0.25) is 5.91 Å². The van der Waals surface area contributed by atoms with Gasteiger partial charge in [0.1, 0.15) is 0 Å². The normalized spacial score (nSPS) is 18.2. The molecule has 0 aliphatic carbocycles. The van der Waals surface area contributed by atoms with E-state index in [0.29, 0.717) is 12.3 Å². The van der Waals surface area contributed by atoms with Gasteiger partial charge in [-0.1, -0.05) is 37.3 Å². The van der Waals surface area contributed by atoms with Crippen LogP contribution >= 0.6 is 0 Å². The molecule has 0 unspecified atom stereocenters. The molecule has 1 aliphatic heterocycles. The lowest BCUT2D eigenvalue weighted by atomic mass is 9.79. The number of hydrogen-bond acceptors (Lipinski definition) is 3. The van der Waals surface area contributed by atoms with Gasteiger partial charge in [0.05, 0.1) is 6.21 Å². The van der Waals surface area contributed by atoms with E-state index in [2.05, 4.69) is 62.3 Å². The van der Waals surface area contributed by atoms with Crippen LogP contribution in [0, 0.1) is 6.92 Å². The minimum Gasteiger partial charge on any atom is -0.369 e. The molecule has 0 aromatic heterocycles. The molecule has 2 aromatic rings. The molecular weight excluding hydrogens is 346 g/mol. The lowest BCUT2D eigenvalue weighted by Gasteiger charge is -2.45. The number of anilines is 1. The van der Waals surface area contributed by atoms with Crippen LogP contribution in [0.5, 0.6) is 0 Å². The molecular formula is C24H31N3O. The van der Waals surface area contributed by atoms with Crippen molar-refractivity contribution in [1.82, 2.24) is 5.43 Å². The van der Waals surface area contributed by atoms with Gasteiger partial charge in [-0.25, -0.2) is 5.43 Å². The average Bonchev–Trinajstić information content (AvgIpc) is 2.66. The van der Waals surface area contributed by atoms with Crippen molar-refractivity contribution in [3.05, 3.63) is 64.7 Å². The molecule has 0 fully saturated rings. The third-order valence-electron chi connectivity index (χ3n) is 5.90. The molecule has 1 heterocycles. The van der Waals surface area contributed by atoms with Gasteiger partial charge in [0.25, 0.3) is 0 Å². The van der Waals surface area contributed by atoms with Crippen LogP contribution in [0.4, 0.5) is 5.69 Å². The molecule has 0 bridgehead atoms. The van der Waals surface area contributed by atoms with Crippen molar-refractivity contribution in [2.45, 2.75) is 58.4 Å². The number of amides is 1. The van der Waals surface area contributed by atoms with Crippen molar-refractivity contribution in [2.75, 3.05) is 11.9 Å². The van der Waals surface area contributed by atoms with Crippen molar-refractivity contribution >= 4 is 17.8 Å². The Hall–Kier alpha value is -2.62. The van der Waals surface area contributed by atoms with Crippen LogP contribution in [0.15, 0.2) is 47.6 Å². The Labute approximate surface area is 168 Å². The number of hydrazone groups is 1. The first kappa shape index (κ1) is 20.1. The quantitative estimate of drug-likeness (QED) is 0.601. The maximum absolute atomic E-state index is 12.1. The number of fused-ring (bicyclic) bond motifs is 1. The monoisotopic (exact) mass is 377 g/mol. The second-order valence-electron chi connectivity index (χ2n) is 8.52. The molecule has 148 valence electrons. The van der Waals surface area contributed by atoms with Gasteiger partial charge in [-0.2, -0.15) is 5.10 Å². The highest BCUT2D eigenvalue weighted by atomic mass is 16.2. The van der Waals surface area contributed by atoms with E-state index in [1.54, 1.807) is 6.21 Å². The van der Waals surface area contributed by atoms with Crippen LogP contribution in [0.1, 0.15) is 61.8 Å². The Morgan fingerprint density at radius 3 is 2.71 bits per heavy atom. The summed E-state index contributed by atoms with van der Waals surface area (Å²) in [4.78, 5) is 14.4. The number of rotatable bonds is 5. The van der Waals surface area contributed by atoms with Crippen molar-refractivity contribution < 1.29 is 4.79 Å². The van der Waals surface area contributed by atoms with E-state index in [1.165, 1.54) is 11.3 Å². The fraction of sp³-hybridized carbons (Fsp3) is 0.417. The summed E-state index contributed by atoms with van der Waals surface area (Å²) in [5.74, 6) is 0.431. The number of hydrogen-bond donors (Lipinski definition) is 1. The highest BCUT2D eigenvalue weighted by Crippen LogP contribution is 2.43. The summed E-state index contributed by atoms with van der Waals surface area (Å²) in [6.07, 6.45) is 4.04. The summed E-state index contributed by atoms with van der Waals surface area (Å²) >= 11 is 0. The standard InChI is InChI=1S/C24H31N3O/c1-17-13-22-21(18(2)15-24(3,4)27(22)5)14-20(17)16-25-26-23(28)12-11-19-9-7-6-8-10-19/h6-10,13-14,16,18H,11-12,15H2,1-5H3,(H,26,28)/b25-16+/t18-/m1/s1. The first-order valence-corrected chi connectivity index (χ1v) is 10.0. The van der Waals surface area contributed by atoms with Crippen LogP contribution < -0.4 is 10.3 Å². The van der Waals surface area contributed by atoms with Crippen LogP contribution in [0.3, 0.4) is 0 Å². The van der Waals surface area contributed by atoms with E-state index in [0.717, 1.165) is 29.5 Å². The molecule has 4 nitrogen and oxygen atoms in total. The summed E-state index contributed by atoms with van der Waals surface area (Å²) in [5, 5.41) is 4.20. The maximum atomic E-state index is 12.1. The lowest BCUT2D eigenvalue weighted by molar-refractivity contribution is -0.121. The first-order chi connectivity index (χ1) is 13.3. The Morgan fingerprint density at radius 2 is 2.00 bits per heavy atom. The smallest absolute Gasteiger partial charge is 0.240 e. The van der Waals surface area contributed by atoms with Gasteiger partial charge in [-0.3, -0.25) is 4.79 Å². The molecule has 0 saturated carbocycles. The van der Waals surface area contributed by atoms with Crippen LogP contribution in [0.2, 0.25) is 0 Å². The van der Waals surface area contributed by atoms with Gasteiger partial charge in [0.15, 0.2) is 0 Å². The number of carbonyl (C=O) groups is 1. The van der Waals surface area contributed by atoms with Crippen molar-refractivity contribution in [3.8, 4) is 0 Å². The molecule has 28 heavy (non-hydrogen) atoms. The number of carbonyl (C=O) groups excluding carboxylic acids is 1. The van der Waals surface area contributed by atoms with Crippen LogP contribution in [-0.4, -0.2) is 24.7 Å². The number of aryl methyl sites for hydroxylation is 2. The summed E-state index contributed by atoms with van der Waals surface area (Å²) in [5.41, 5.74) is 8.85. The van der Waals surface area contributed by atoms with Crippen molar-refractivity contribution in [2.24, 2.45) is 5.10 Å². The van der Waals surface area contributed by atoms with E-state index in [4.69, 9.17) is 0 Å². The molecule has 4 heteroatoms. The van der Waals surface area contributed by atoms with Gasteiger partial charge < -0.3 is 4.90 Å². The zero-order valence-electron chi connectivity index (χ0n) is 17.6. The zero-order chi connectivity index (χ0) is 20.3. The Bertz CT molecular complexity index is 871. The first-order valence-electron chi connectivity index (χ1n) is 10.0. The highest BCUT2D eigenvalue weighted by Gasteiger charge is 2.34. The predicted molar refractivity (Wildman–Crippen MR) is 117 cm³/mol. The predicted octanol–water partition coefficient (Wildman–Crippen LogP) is 4.80. The number of benzene rings is 2. The minimum atomic E-state index is -0.0643. The summed E-state index contributed by atoms with van der Waals surface area (Å²) in [6.45, 7) is 8.97. The fourth-order valence-corrected chi connectivity index (χ4v) is 4.01. The van der Waals surface area contributed by atoms with E-state index >= 15 is 0 Å². The SMILES string of the molecule is Cc1cc2c(cc1/C=N/NC(=O)CCc1ccccc1)[C@H](C)CC(C)(C)N2C. The minimum absolute atomic E-state index is 0.0643. The van der Waals surface area contributed by atoms with Crippen molar-refractivity contribution in [1.29, 1.82) is 0 Å². The van der Waals surface area contributed by atoms with Crippen LogP contribution in [-0.2, 0) is 11.2 Å². The van der Waals surface area contributed by atoms with Crippen molar-refractivity contribution in [3.63, 3.8) is 0 Å². The van der Waals surface area contributed by atoms with Gasteiger partial charge >= 0.3 is 0 Å². The third kappa shape index (κ3) is 4.44. The van der Waals surface area contributed by atoms with Gasteiger partial charge in [-0.15, -0.1) is 0 Å². The molecule has 0 radical (unpaired) electrons. The Morgan fingerprint density at radius 1 is 1.29 bits per heavy atom. The van der Waals surface area contributed by atoms with Gasteiger partial charge in [-0.05, 0) is 73.9 Å². The molecule has 2 aromatic carbocycles. The van der Waals surface area contributed by atoms with E-state index in [9.17, 15) is 4.79 Å². The second-order valence-corrected chi connectivity index (χ2v) is 8.52. The van der Waals surface area contributed by atoms with E-state index in [-0.39, 0.29) is 11.4 Å². The number of nitrogens with one attached hydrogen (secondary N) is 1. The molecule has 3 rings (SSSR count). The van der Waals surface area contributed by atoms with Gasteiger partial charge in [0, 0.05) is 24.7 Å². The zero-order valence-corrected chi connectivity index (χ0v) is 17.6. The largest absolute Gasteiger partial charge is 0.369 e. The maximum Gasteiger partial charge on any atom is 0.240 e. The van der Waals surface area contributed by atoms with E-state index < -0.39 is 0 Å². The number of nitrogens with zero attached hydrogens (tertiary/aromatic N) is 2. The summed E-state index contributed by atoms with van der Waals surface area (Å²) < 4.78 is 0. The van der Waals surface area contributed by atoms with E-state index in [1.807, 2.05) is 30.3 Å². The molecule has 1 amide bonds. The summed E-state index contributed by atoms with van der Waals surface area (Å²) in [7, 11) is 2.17. The molecule has 1 aliphatic rings. The van der Waals surface area contributed by atoms with Crippen LogP contribution in [0.25, 0.3) is 0 Å². The topological polar surface area (TPSA) is 44.7 Å². The fourth-order valence-electron chi connectivity index (χ4n) is 4.01.